The van der Waals surface area contributed by atoms with Crippen molar-refractivity contribution in [2.24, 2.45) is 11.8 Å². The number of benzene rings is 2. The molecule has 0 aliphatic carbocycles. The Labute approximate surface area is 281 Å². The van der Waals surface area contributed by atoms with Gasteiger partial charge in [0.05, 0.1) is 58.9 Å². The average Bonchev–Trinajstić information content (AvgIpc) is 3.68. The van der Waals surface area contributed by atoms with E-state index in [9.17, 15) is 19.2 Å². The first kappa shape index (κ1) is 36.0. The van der Waals surface area contributed by atoms with Crippen LogP contribution in [-0.2, 0) is 27.5 Å². The summed E-state index contributed by atoms with van der Waals surface area (Å²) in [6, 6.07) is 1.38. The summed E-state index contributed by atoms with van der Waals surface area (Å²) >= 11 is 13.9. The highest BCUT2D eigenvalue weighted by Gasteiger charge is 2.34. The molecule has 0 bridgehead atoms. The summed E-state index contributed by atoms with van der Waals surface area (Å²) in [4.78, 5) is 49.1. The van der Waals surface area contributed by atoms with Crippen LogP contribution in [0.1, 0.15) is 53.9 Å². The summed E-state index contributed by atoms with van der Waals surface area (Å²) < 4.78 is 53.1. The topological polar surface area (TPSA) is 149 Å². The molecule has 254 valence electrons. The van der Waals surface area contributed by atoms with Gasteiger partial charge in [-0.15, -0.1) is 11.3 Å². The fourth-order valence-corrected chi connectivity index (χ4v) is 6.66. The van der Waals surface area contributed by atoms with Crippen LogP contribution >= 0.6 is 34.5 Å². The molecule has 1 aliphatic heterocycles. The molecular formula is C31H31Cl2F2NO10S. The van der Waals surface area contributed by atoms with Gasteiger partial charge in [0.15, 0.2) is 40.4 Å². The maximum absolute atomic E-state index is 15.7. The molecule has 0 fully saturated rings. The molecule has 1 amide bonds. The smallest absolute Gasteiger partial charge is 0.306 e. The number of amides is 1. The zero-order valence-electron chi connectivity index (χ0n) is 25.7. The molecule has 0 saturated heterocycles. The molecule has 1 aliphatic rings. The second-order valence-corrected chi connectivity index (χ2v) is 12.7. The minimum Gasteiger partial charge on any atom is -0.491 e. The Hall–Kier alpha value is -3.88. The number of thiophene rings is 1. The van der Waals surface area contributed by atoms with Crippen LogP contribution in [-0.4, -0.2) is 66.2 Å². The van der Waals surface area contributed by atoms with Crippen LogP contribution in [0, 0.1) is 23.5 Å². The molecule has 2 heterocycles. The molecule has 2 N–H and O–H groups in total. The molecular weight excluding hydrogens is 687 g/mol. The van der Waals surface area contributed by atoms with Gasteiger partial charge in [0, 0.05) is 48.9 Å². The minimum atomic E-state index is -1.13. The number of halogens is 4. The second kappa shape index (κ2) is 14.9. The molecule has 0 unspecified atom stereocenters. The number of nitrogens with zero attached hydrogens (tertiary/aromatic N) is 1. The van der Waals surface area contributed by atoms with Crippen molar-refractivity contribution in [3.8, 4) is 23.0 Å². The van der Waals surface area contributed by atoms with Gasteiger partial charge in [-0.25, -0.2) is 8.78 Å². The van der Waals surface area contributed by atoms with E-state index in [2.05, 4.69) is 0 Å². The molecule has 2 atom stereocenters. The summed E-state index contributed by atoms with van der Waals surface area (Å²) in [5, 5.41) is 18.5. The lowest BCUT2D eigenvalue weighted by Crippen LogP contribution is -2.28. The molecule has 16 heteroatoms. The van der Waals surface area contributed by atoms with Gasteiger partial charge in [-0.1, -0.05) is 37.0 Å². The van der Waals surface area contributed by atoms with E-state index in [1.165, 1.54) is 39.0 Å². The quantitative estimate of drug-likeness (QED) is 0.130. The number of carboxylic acid groups (broad SMARTS) is 2. The van der Waals surface area contributed by atoms with Gasteiger partial charge in [-0.05, 0) is 6.07 Å². The highest BCUT2D eigenvalue weighted by Crippen LogP contribution is 2.48. The van der Waals surface area contributed by atoms with Crippen LogP contribution in [0.25, 0.3) is 10.1 Å². The van der Waals surface area contributed by atoms with Crippen LogP contribution in [0.15, 0.2) is 6.07 Å². The number of carboxylic acids is 2. The lowest BCUT2D eigenvalue weighted by atomic mass is 10.0. The van der Waals surface area contributed by atoms with Gasteiger partial charge in [0.1, 0.15) is 0 Å². The number of hydrogen-bond acceptors (Lipinski definition) is 9. The van der Waals surface area contributed by atoms with Crippen molar-refractivity contribution in [1.82, 2.24) is 4.90 Å². The first-order chi connectivity index (χ1) is 22.2. The molecule has 0 spiro atoms. The number of fused-ring (bicyclic) bond motifs is 2. The van der Waals surface area contributed by atoms with Crippen LogP contribution < -0.4 is 18.9 Å². The lowest BCUT2D eigenvalue weighted by Gasteiger charge is -2.17. The summed E-state index contributed by atoms with van der Waals surface area (Å²) in [5.74, 6) is -7.39. The minimum absolute atomic E-state index is 0.0179. The number of carbonyl (C=O) groups is 4. The zero-order chi connectivity index (χ0) is 34.7. The van der Waals surface area contributed by atoms with Crippen molar-refractivity contribution in [1.29, 1.82) is 0 Å². The number of ketones is 1. The van der Waals surface area contributed by atoms with Crippen molar-refractivity contribution in [3.05, 3.63) is 43.8 Å². The van der Waals surface area contributed by atoms with E-state index >= 15 is 8.78 Å². The zero-order valence-corrected chi connectivity index (χ0v) is 28.0. The van der Waals surface area contributed by atoms with E-state index in [1.807, 2.05) is 0 Å². The van der Waals surface area contributed by atoms with Crippen molar-refractivity contribution >= 4 is 68.3 Å². The van der Waals surface area contributed by atoms with E-state index in [4.69, 9.17) is 52.4 Å². The Morgan fingerprint density at radius 3 is 2.02 bits per heavy atom. The largest absolute Gasteiger partial charge is 0.491 e. The van der Waals surface area contributed by atoms with E-state index in [0.29, 0.717) is 5.56 Å². The van der Waals surface area contributed by atoms with Crippen LogP contribution in [0.3, 0.4) is 0 Å². The van der Waals surface area contributed by atoms with Gasteiger partial charge in [-0.2, -0.15) is 0 Å². The van der Waals surface area contributed by atoms with E-state index in [-0.39, 0.29) is 99.1 Å². The lowest BCUT2D eigenvalue weighted by molar-refractivity contribution is -0.145. The third-order valence-corrected chi connectivity index (χ3v) is 9.55. The molecule has 11 nitrogen and oxygen atoms in total. The number of hydrogen-bond donors (Lipinski definition) is 2. The van der Waals surface area contributed by atoms with Gasteiger partial charge in [0.2, 0.25) is 5.91 Å². The molecule has 3 aromatic rings. The van der Waals surface area contributed by atoms with Gasteiger partial charge < -0.3 is 34.1 Å². The average molecular weight is 719 g/mol. The second-order valence-electron chi connectivity index (χ2n) is 10.9. The number of rotatable bonds is 15. The number of methoxy groups -OCH3 is 2. The third kappa shape index (κ3) is 7.34. The van der Waals surface area contributed by atoms with E-state index in [0.717, 1.165) is 11.3 Å². The fourth-order valence-electron chi connectivity index (χ4n) is 4.94. The SMILES string of the molecule is COc1c(Cl)c2c(c(F)c1OCCCOc1c(OC)c(F)c3sc(C(=O)C[C@H](C)C(=O)O)cc3c1Cl)CN(C(=O)C[C@H](C)C(=O)O)C2. The van der Waals surface area contributed by atoms with E-state index in [1.54, 1.807) is 0 Å². The van der Waals surface area contributed by atoms with E-state index < -0.39 is 47.1 Å². The Morgan fingerprint density at radius 2 is 1.43 bits per heavy atom. The third-order valence-electron chi connectivity index (χ3n) is 7.60. The maximum Gasteiger partial charge on any atom is 0.306 e. The first-order valence-corrected chi connectivity index (χ1v) is 15.9. The predicted molar refractivity (Wildman–Crippen MR) is 168 cm³/mol. The number of carbonyl (C=O) groups excluding carboxylic acids is 2. The Kier molecular flexibility index (Phi) is 11.4. The molecule has 4 rings (SSSR count). The summed E-state index contributed by atoms with van der Waals surface area (Å²) in [7, 11) is 2.50. The van der Waals surface area contributed by atoms with Crippen molar-refractivity contribution in [2.45, 2.75) is 46.2 Å². The molecule has 1 aromatic heterocycles. The molecule has 0 radical (unpaired) electrons. The van der Waals surface area contributed by atoms with Gasteiger partial charge in [0.25, 0.3) is 0 Å². The molecule has 2 aromatic carbocycles. The predicted octanol–water partition coefficient (Wildman–Crippen LogP) is 6.60. The van der Waals surface area contributed by atoms with Gasteiger partial charge in [-0.3, -0.25) is 19.2 Å². The first-order valence-electron chi connectivity index (χ1n) is 14.3. The Balaban J connectivity index is 1.46. The Morgan fingerprint density at radius 1 is 0.851 bits per heavy atom. The summed E-state index contributed by atoms with van der Waals surface area (Å²) in [6.45, 7) is 2.46. The van der Waals surface area contributed by atoms with Crippen molar-refractivity contribution < 1.29 is 57.1 Å². The standard InChI is InChI=1S/C31H31Cl2F2NO10S/c1-13(30(39)40)8-18(37)19-10-15-21(32)26(27(44-4)24(35)29(15)47-19)45-6-5-7-46-28-23(34)17-12-36(20(38)9-14(2)31(41)42)11-16(17)22(33)25(28)43-3/h10,13-14H,5-9,11-12H2,1-4H3,(H,39,40)(H,41,42)/t13-,14-/m0/s1. The van der Waals surface area contributed by atoms with Gasteiger partial charge >= 0.3 is 11.9 Å². The molecule has 47 heavy (non-hydrogen) atoms. The highest BCUT2D eigenvalue weighted by molar-refractivity contribution is 7.21. The van der Waals surface area contributed by atoms with Crippen LogP contribution in [0.2, 0.25) is 10.0 Å². The fraction of sp³-hybridized carbons (Fsp3) is 0.419. The maximum atomic E-state index is 15.7. The number of aliphatic carboxylic acids is 2. The van der Waals surface area contributed by atoms with Crippen LogP contribution in [0.4, 0.5) is 8.78 Å². The van der Waals surface area contributed by atoms with Crippen molar-refractivity contribution in [2.75, 3.05) is 27.4 Å². The molecule has 0 saturated carbocycles. The van der Waals surface area contributed by atoms with Crippen LogP contribution in [0.5, 0.6) is 23.0 Å². The highest BCUT2D eigenvalue weighted by atomic mass is 35.5. The Bertz CT molecular complexity index is 1750. The van der Waals surface area contributed by atoms with Crippen molar-refractivity contribution in [3.63, 3.8) is 0 Å². The summed E-state index contributed by atoms with van der Waals surface area (Å²) in [5.41, 5.74) is 0.464. The number of Topliss-reactive ketones (excluding diaryl/α,β-unsaturated/α-hetero) is 1. The number of ether oxygens (including phenoxy) is 4. The summed E-state index contributed by atoms with van der Waals surface area (Å²) in [6.07, 6.45) is -0.383. The normalized spacial score (nSPS) is 13.7. The monoisotopic (exact) mass is 717 g/mol.